The molecule has 1 fully saturated rings. The van der Waals surface area contributed by atoms with Gasteiger partial charge in [-0.15, -0.1) is 0 Å². The van der Waals surface area contributed by atoms with E-state index in [9.17, 15) is 14.7 Å². The summed E-state index contributed by atoms with van der Waals surface area (Å²) in [6.07, 6.45) is 1.72. The van der Waals surface area contributed by atoms with Gasteiger partial charge in [0.15, 0.2) is 0 Å². The van der Waals surface area contributed by atoms with E-state index in [1.807, 2.05) is 6.92 Å². The van der Waals surface area contributed by atoms with Crippen molar-refractivity contribution in [3.63, 3.8) is 0 Å². The number of carboxylic acids is 1. The summed E-state index contributed by atoms with van der Waals surface area (Å²) >= 11 is 0. The number of rotatable bonds is 6. The molecule has 0 bridgehead atoms. The number of carboxylic acid groups (broad SMARTS) is 1. The monoisotopic (exact) mass is 285 g/mol. The van der Waals surface area contributed by atoms with Gasteiger partial charge in [-0.25, -0.2) is 4.79 Å². The number of hydrogen-bond acceptors (Lipinski definition) is 3. The van der Waals surface area contributed by atoms with Crippen molar-refractivity contribution in [1.29, 1.82) is 0 Å². The molecule has 5 nitrogen and oxygen atoms in total. The van der Waals surface area contributed by atoms with E-state index in [1.54, 1.807) is 6.92 Å². The SMILES string of the molecule is CC(C)CCOC(C)C(=O)N1CCC(C)CC1C(=O)O. The van der Waals surface area contributed by atoms with Gasteiger partial charge < -0.3 is 14.7 Å². The summed E-state index contributed by atoms with van der Waals surface area (Å²) < 4.78 is 5.54. The van der Waals surface area contributed by atoms with Crippen LogP contribution in [-0.2, 0) is 14.3 Å². The van der Waals surface area contributed by atoms with Crippen LogP contribution in [-0.4, -0.2) is 47.2 Å². The Morgan fingerprint density at radius 3 is 2.55 bits per heavy atom. The lowest BCUT2D eigenvalue weighted by molar-refractivity contribution is -0.158. The van der Waals surface area contributed by atoms with Gasteiger partial charge in [0.2, 0.25) is 0 Å². The molecule has 0 spiro atoms. The van der Waals surface area contributed by atoms with Gasteiger partial charge in [0.05, 0.1) is 0 Å². The molecule has 1 rings (SSSR count). The van der Waals surface area contributed by atoms with Crippen molar-refractivity contribution < 1.29 is 19.4 Å². The largest absolute Gasteiger partial charge is 0.480 e. The maximum atomic E-state index is 12.3. The van der Waals surface area contributed by atoms with Gasteiger partial charge in [0.1, 0.15) is 12.1 Å². The molecular weight excluding hydrogens is 258 g/mol. The molecule has 0 aromatic heterocycles. The van der Waals surface area contributed by atoms with E-state index in [-0.39, 0.29) is 5.91 Å². The second-order valence-electron chi connectivity index (χ2n) is 6.21. The zero-order valence-corrected chi connectivity index (χ0v) is 13.0. The molecule has 1 heterocycles. The highest BCUT2D eigenvalue weighted by molar-refractivity contribution is 5.86. The minimum absolute atomic E-state index is 0.201. The van der Waals surface area contributed by atoms with Crippen LogP contribution < -0.4 is 0 Å². The number of nitrogens with zero attached hydrogens (tertiary/aromatic N) is 1. The average molecular weight is 285 g/mol. The Hall–Kier alpha value is -1.10. The maximum absolute atomic E-state index is 12.3. The van der Waals surface area contributed by atoms with Crippen LogP contribution in [0.2, 0.25) is 0 Å². The standard InChI is InChI=1S/C15H27NO4/c1-10(2)6-8-20-12(4)14(17)16-7-5-11(3)9-13(16)15(18)19/h10-13H,5-9H2,1-4H3,(H,18,19). The molecule has 116 valence electrons. The normalized spacial score (nSPS) is 24.8. The van der Waals surface area contributed by atoms with E-state index >= 15 is 0 Å². The number of hydrogen-bond donors (Lipinski definition) is 1. The molecule has 0 aromatic rings. The number of carbonyl (C=O) groups is 2. The minimum Gasteiger partial charge on any atom is -0.480 e. The molecule has 0 aliphatic carbocycles. The zero-order valence-electron chi connectivity index (χ0n) is 13.0. The van der Waals surface area contributed by atoms with Gasteiger partial charge in [-0.1, -0.05) is 20.8 Å². The van der Waals surface area contributed by atoms with Crippen LogP contribution in [0.1, 0.15) is 47.0 Å². The highest BCUT2D eigenvalue weighted by Crippen LogP contribution is 2.23. The zero-order chi connectivity index (χ0) is 15.3. The van der Waals surface area contributed by atoms with Crippen LogP contribution in [0.4, 0.5) is 0 Å². The van der Waals surface area contributed by atoms with Gasteiger partial charge in [-0.05, 0) is 38.0 Å². The maximum Gasteiger partial charge on any atom is 0.326 e. The lowest BCUT2D eigenvalue weighted by atomic mass is 9.92. The van der Waals surface area contributed by atoms with Crippen LogP contribution in [0.5, 0.6) is 0 Å². The van der Waals surface area contributed by atoms with Gasteiger partial charge in [0, 0.05) is 13.2 Å². The minimum atomic E-state index is -0.917. The van der Waals surface area contributed by atoms with Crippen LogP contribution in [0.3, 0.4) is 0 Å². The third-order valence-electron chi connectivity index (χ3n) is 3.84. The quantitative estimate of drug-likeness (QED) is 0.812. The molecule has 1 amide bonds. The first-order valence-corrected chi connectivity index (χ1v) is 7.47. The predicted octanol–water partition coefficient (Wildman–Crippen LogP) is 2.15. The summed E-state index contributed by atoms with van der Waals surface area (Å²) in [5, 5.41) is 9.27. The Bertz CT molecular complexity index is 343. The lowest BCUT2D eigenvalue weighted by Crippen LogP contribution is -2.52. The summed E-state index contributed by atoms with van der Waals surface area (Å²) in [5.41, 5.74) is 0. The Morgan fingerprint density at radius 1 is 1.35 bits per heavy atom. The van der Waals surface area contributed by atoms with Gasteiger partial charge >= 0.3 is 5.97 Å². The molecule has 1 aliphatic rings. The number of carbonyl (C=O) groups excluding carboxylic acids is 1. The van der Waals surface area contributed by atoms with E-state index < -0.39 is 18.1 Å². The molecule has 0 radical (unpaired) electrons. The van der Waals surface area contributed by atoms with E-state index in [0.717, 1.165) is 12.8 Å². The molecule has 1 aliphatic heterocycles. The van der Waals surface area contributed by atoms with Gasteiger partial charge in [-0.2, -0.15) is 0 Å². The third kappa shape index (κ3) is 4.78. The highest BCUT2D eigenvalue weighted by atomic mass is 16.5. The van der Waals surface area contributed by atoms with Crippen molar-refractivity contribution in [3.8, 4) is 0 Å². The van der Waals surface area contributed by atoms with Crippen molar-refractivity contribution in [2.24, 2.45) is 11.8 Å². The number of aliphatic carboxylic acids is 1. The Labute approximate surface area is 121 Å². The molecule has 0 aromatic carbocycles. The summed E-state index contributed by atoms with van der Waals surface area (Å²) in [5.74, 6) is -0.246. The smallest absolute Gasteiger partial charge is 0.326 e. The number of ether oxygens (including phenoxy) is 1. The summed E-state index contributed by atoms with van der Waals surface area (Å²) in [7, 11) is 0. The number of piperidine rings is 1. The summed E-state index contributed by atoms with van der Waals surface area (Å²) in [4.78, 5) is 25.1. The second kappa shape index (κ2) is 7.62. The van der Waals surface area contributed by atoms with E-state index in [1.165, 1.54) is 4.90 Å². The van der Waals surface area contributed by atoms with E-state index in [2.05, 4.69) is 13.8 Å². The lowest BCUT2D eigenvalue weighted by Gasteiger charge is -2.37. The first-order chi connectivity index (χ1) is 9.32. The molecule has 3 unspecified atom stereocenters. The van der Waals surface area contributed by atoms with Crippen molar-refractivity contribution in [1.82, 2.24) is 4.90 Å². The molecule has 0 saturated carbocycles. The summed E-state index contributed by atoms with van der Waals surface area (Å²) in [6.45, 7) is 8.98. The fourth-order valence-corrected chi connectivity index (χ4v) is 2.42. The first kappa shape index (κ1) is 17.0. The van der Waals surface area contributed by atoms with Gasteiger partial charge in [0.25, 0.3) is 5.91 Å². The first-order valence-electron chi connectivity index (χ1n) is 7.47. The van der Waals surface area contributed by atoms with E-state index in [0.29, 0.717) is 31.4 Å². The third-order valence-corrected chi connectivity index (χ3v) is 3.84. The molecular formula is C15H27NO4. The number of amides is 1. The molecule has 3 atom stereocenters. The van der Waals surface area contributed by atoms with Crippen molar-refractivity contribution in [2.45, 2.75) is 59.1 Å². The van der Waals surface area contributed by atoms with Crippen LogP contribution in [0.25, 0.3) is 0 Å². The van der Waals surface area contributed by atoms with Crippen molar-refractivity contribution in [2.75, 3.05) is 13.2 Å². The van der Waals surface area contributed by atoms with Gasteiger partial charge in [-0.3, -0.25) is 4.79 Å². The van der Waals surface area contributed by atoms with Crippen molar-refractivity contribution >= 4 is 11.9 Å². The summed E-state index contributed by atoms with van der Waals surface area (Å²) in [6, 6.07) is -0.706. The fraction of sp³-hybridized carbons (Fsp3) is 0.867. The Morgan fingerprint density at radius 2 is 2.00 bits per heavy atom. The topological polar surface area (TPSA) is 66.8 Å². The van der Waals surface area contributed by atoms with E-state index in [4.69, 9.17) is 4.74 Å². The predicted molar refractivity (Wildman–Crippen MR) is 76.4 cm³/mol. The average Bonchev–Trinajstić information content (AvgIpc) is 2.37. The number of likely N-dealkylation sites (tertiary alicyclic amines) is 1. The van der Waals surface area contributed by atoms with Crippen LogP contribution >= 0.6 is 0 Å². The molecule has 5 heteroatoms. The van der Waals surface area contributed by atoms with Crippen LogP contribution in [0, 0.1) is 11.8 Å². The Balaban J connectivity index is 2.57. The van der Waals surface area contributed by atoms with Crippen LogP contribution in [0.15, 0.2) is 0 Å². The Kier molecular flexibility index (Phi) is 6.46. The second-order valence-corrected chi connectivity index (χ2v) is 6.21. The molecule has 20 heavy (non-hydrogen) atoms. The van der Waals surface area contributed by atoms with Crippen molar-refractivity contribution in [3.05, 3.63) is 0 Å². The highest BCUT2D eigenvalue weighted by Gasteiger charge is 2.36. The molecule has 1 N–H and O–H groups in total. The fourth-order valence-electron chi connectivity index (χ4n) is 2.42. The molecule has 1 saturated heterocycles.